The molecule has 1 aromatic rings. The fourth-order valence-electron chi connectivity index (χ4n) is 2.70. The number of hydrogen-bond donors (Lipinski definition) is 2. The van der Waals surface area contributed by atoms with Crippen molar-refractivity contribution in [1.29, 1.82) is 0 Å². The smallest absolute Gasteiger partial charge is 0.338 e. The van der Waals surface area contributed by atoms with Gasteiger partial charge in [0.05, 0.1) is 12.2 Å². The Morgan fingerprint density at radius 2 is 1.58 bits per heavy atom. The minimum absolute atomic E-state index is 0.292. The number of hydrazone groups is 1. The first kappa shape index (κ1) is 19.6. The number of rotatable bonds is 4. The Morgan fingerprint density at radius 3 is 2.19 bits per heavy atom. The lowest BCUT2D eigenvalue weighted by Crippen LogP contribution is -2.33. The van der Waals surface area contributed by atoms with Crippen LogP contribution < -0.4 is 10.7 Å². The standard InChI is InChI=1S/C19H25N3O4/c1-2-26-19(25)14-10-12-15(13-11-14)20-17(23)18(24)22-21-16-8-6-4-3-5-7-9-16/h10-13H,2-9H2,1H3,(H,20,23)(H,22,24). The number of carbonyl (C=O) groups excluding carboxylic acids is 3. The molecule has 0 heterocycles. The summed E-state index contributed by atoms with van der Waals surface area (Å²) in [4.78, 5) is 35.4. The summed E-state index contributed by atoms with van der Waals surface area (Å²) >= 11 is 0. The number of nitrogens with zero attached hydrogens (tertiary/aromatic N) is 1. The van der Waals surface area contributed by atoms with Crippen molar-refractivity contribution < 1.29 is 19.1 Å². The second-order valence-corrected chi connectivity index (χ2v) is 6.14. The maximum atomic E-state index is 11.9. The highest BCUT2D eigenvalue weighted by molar-refractivity contribution is 6.39. The van der Waals surface area contributed by atoms with Gasteiger partial charge in [-0.1, -0.05) is 19.3 Å². The maximum Gasteiger partial charge on any atom is 0.338 e. The van der Waals surface area contributed by atoms with Crippen LogP contribution in [-0.2, 0) is 14.3 Å². The molecule has 1 aromatic carbocycles. The van der Waals surface area contributed by atoms with Gasteiger partial charge in [-0.15, -0.1) is 0 Å². The average molecular weight is 359 g/mol. The zero-order chi connectivity index (χ0) is 18.8. The molecule has 0 radical (unpaired) electrons. The second kappa shape index (κ2) is 10.3. The van der Waals surface area contributed by atoms with Gasteiger partial charge in [0.25, 0.3) is 0 Å². The van der Waals surface area contributed by atoms with Gasteiger partial charge < -0.3 is 10.1 Å². The molecule has 0 atom stereocenters. The zero-order valence-corrected chi connectivity index (χ0v) is 15.0. The van der Waals surface area contributed by atoms with Gasteiger partial charge in [0.2, 0.25) is 0 Å². The van der Waals surface area contributed by atoms with Gasteiger partial charge in [0.1, 0.15) is 0 Å². The molecule has 2 N–H and O–H groups in total. The predicted octanol–water partition coefficient (Wildman–Crippen LogP) is 3.02. The summed E-state index contributed by atoms with van der Waals surface area (Å²) in [5.74, 6) is -2.05. The molecular formula is C19H25N3O4. The molecule has 7 nitrogen and oxygen atoms in total. The molecule has 0 saturated heterocycles. The van der Waals surface area contributed by atoms with Gasteiger partial charge in [-0.05, 0) is 56.9 Å². The van der Waals surface area contributed by atoms with E-state index in [2.05, 4.69) is 15.8 Å². The van der Waals surface area contributed by atoms with E-state index < -0.39 is 17.8 Å². The van der Waals surface area contributed by atoms with Gasteiger partial charge in [-0.3, -0.25) is 9.59 Å². The van der Waals surface area contributed by atoms with Crippen molar-refractivity contribution in [2.45, 2.75) is 51.9 Å². The van der Waals surface area contributed by atoms with Gasteiger partial charge in [0.15, 0.2) is 0 Å². The lowest BCUT2D eigenvalue weighted by atomic mass is 9.99. The van der Waals surface area contributed by atoms with Crippen molar-refractivity contribution in [3.63, 3.8) is 0 Å². The van der Waals surface area contributed by atoms with Crippen molar-refractivity contribution in [2.75, 3.05) is 11.9 Å². The topological polar surface area (TPSA) is 96.9 Å². The molecular weight excluding hydrogens is 334 g/mol. The van der Waals surface area contributed by atoms with Gasteiger partial charge in [0, 0.05) is 11.4 Å². The number of benzene rings is 1. The van der Waals surface area contributed by atoms with E-state index in [-0.39, 0.29) is 0 Å². The Bertz CT molecular complexity index is 658. The van der Waals surface area contributed by atoms with Crippen molar-refractivity contribution in [3.05, 3.63) is 29.8 Å². The van der Waals surface area contributed by atoms with E-state index in [1.54, 1.807) is 6.92 Å². The second-order valence-electron chi connectivity index (χ2n) is 6.14. The first-order chi connectivity index (χ1) is 12.6. The van der Waals surface area contributed by atoms with Crippen LogP contribution in [0.5, 0.6) is 0 Å². The molecule has 140 valence electrons. The summed E-state index contributed by atoms with van der Waals surface area (Å²) in [5.41, 5.74) is 4.06. The fraction of sp³-hybridized carbons (Fsp3) is 0.474. The number of anilines is 1. The van der Waals surface area contributed by atoms with E-state index in [1.165, 1.54) is 43.5 Å². The van der Waals surface area contributed by atoms with Crippen molar-refractivity contribution in [3.8, 4) is 0 Å². The van der Waals surface area contributed by atoms with Crippen LogP contribution in [0.3, 0.4) is 0 Å². The predicted molar refractivity (Wildman–Crippen MR) is 98.9 cm³/mol. The Kier molecular flexibility index (Phi) is 7.79. The molecule has 0 aliphatic heterocycles. The average Bonchev–Trinajstić information content (AvgIpc) is 2.61. The van der Waals surface area contributed by atoms with E-state index in [9.17, 15) is 14.4 Å². The highest BCUT2D eigenvalue weighted by Gasteiger charge is 2.14. The van der Waals surface area contributed by atoms with E-state index in [0.717, 1.165) is 31.4 Å². The van der Waals surface area contributed by atoms with Crippen molar-refractivity contribution in [1.82, 2.24) is 5.43 Å². The summed E-state index contributed by atoms with van der Waals surface area (Å²) in [7, 11) is 0. The summed E-state index contributed by atoms with van der Waals surface area (Å²) in [6, 6.07) is 6.14. The number of esters is 1. The normalized spacial score (nSPS) is 14.6. The molecule has 1 fully saturated rings. The van der Waals surface area contributed by atoms with Crippen LogP contribution in [0.4, 0.5) is 5.69 Å². The van der Waals surface area contributed by atoms with Gasteiger partial charge in [-0.2, -0.15) is 5.10 Å². The zero-order valence-electron chi connectivity index (χ0n) is 15.0. The third kappa shape index (κ3) is 6.31. The molecule has 2 rings (SSSR count). The largest absolute Gasteiger partial charge is 0.462 e. The third-order valence-corrected chi connectivity index (χ3v) is 4.11. The number of carbonyl (C=O) groups is 3. The molecule has 0 spiro atoms. The van der Waals surface area contributed by atoms with Crippen LogP contribution >= 0.6 is 0 Å². The molecule has 1 aliphatic rings. The maximum absolute atomic E-state index is 11.9. The lowest BCUT2D eigenvalue weighted by Gasteiger charge is -2.11. The highest BCUT2D eigenvalue weighted by atomic mass is 16.5. The van der Waals surface area contributed by atoms with Gasteiger partial charge in [-0.25, -0.2) is 10.2 Å². The molecule has 26 heavy (non-hydrogen) atoms. The Labute approximate surface area is 153 Å². The lowest BCUT2D eigenvalue weighted by molar-refractivity contribution is -0.136. The number of hydrogen-bond acceptors (Lipinski definition) is 5. The van der Waals surface area contributed by atoms with E-state index in [1.807, 2.05) is 0 Å². The molecule has 1 saturated carbocycles. The molecule has 0 aromatic heterocycles. The fourth-order valence-corrected chi connectivity index (χ4v) is 2.70. The number of amides is 2. The minimum Gasteiger partial charge on any atom is -0.462 e. The van der Waals surface area contributed by atoms with Crippen LogP contribution in [0, 0.1) is 0 Å². The Balaban J connectivity index is 1.86. The number of nitrogens with one attached hydrogen (secondary N) is 2. The first-order valence-electron chi connectivity index (χ1n) is 9.04. The van der Waals surface area contributed by atoms with Crippen LogP contribution in [0.25, 0.3) is 0 Å². The summed E-state index contributed by atoms with van der Waals surface area (Å²) in [6.45, 7) is 2.02. The molecule has 2 amide bonds. The molecule has 1 aliphatic carbocycles. The first-order valence-corrected chi connectivity index (χ1v) is 9.04. The van der Waals surface area contributed by atoms with Gasteiger partial charge >= 0.3 is 17.8 Å². The third-order valence-electron chi connectivity index (χ3n) is 4.11. The Morgan fingerprint density at radius 1 is 0.962 bits per heavy atom. The number of ether oxygens (including phenoxy) is 1. The molecule has 7 heteroatoms. The van der Waals surface area contributed by atoms with Crippen LogP contribution in [-0.4, -0.2) is 30.1 Å². The molecule has 0 bridgehead atoms. The van der Waals surface area contributed by atoms with Crippen LogP contribution in [0.15, 0.2) is 29.4 Å². The minimum atomic E-state index is -0.811. The summed E-state index contributed by atoms with van der Waals surface area (Å²) in [5, 5.41) is 6.58. The van der Waals surface area contributed by atoms with Crippen molar-refractivity contribution in [2.24, 2.45) is 5.10 Å². The Hall–Kier alpha value is -2.70. The SMILES string of the molecule is CCOC(=O)c1ccc(NC(=O)C(=O)NN=C2CCCCCCC2)cc1. The van der Waals surface area contributed by atoms with E-state index >= 15 is 0 Å². The quantitative estimate of drug-likeness (QED) is 0.490. The van der Waals surface area contributed by atoms with Crippen LogP contribution in [0.1, 0.15) is 62.2 Å². The van der Waals surface area contributed by atoms with Crippen molar-refractivity contribution >= 4 is 29.2 Å². The van der Waals surface area contributed by atoms with E-state index in [4.69, 9.17) is 4.74 Å². The molecule has 0 unspecified atom stereocenters. The highest BCUT2D eigenvalue weighted by Crippen LogP contribution is 2.14. The van der Waals surface area contributed by atoms with Crippen LogP contribution in [0.2, 0.25) is 0 Å². The summed E-state index contributed by atoms with van der Waals surface area (Å²) < 4.78 is 4.89. The monoisotopic (exact) mass is 359 g/mol. The van der Waals surface area contributed by atoms with E-state index in [0.29, 0.717) is 17.9 Å². The summed E-state index contributed by atoms with van der Waals surface area (Å²) in [6.07, 6.45) is 7.44.